The van der Waals surface area contributed by atoms with Gasteiger partial charge in [-0.1, -0.05) is 11.6 Å². The molecule has 0 saturated heterocycles. The van der Waals surface area contributed by atoms with E-state index in [4.69, 9.17) is 22.1 Å². The molecule has 0 aliphatic heterocycles. The normalized spacial score (nSPS) is 11.8. The lowest BCUT2D eigenvalue weighted by Crippen LogP contribution is -2.31. The molecule has 0 aliphatic rings. The van der Waals surface area contributed by atoms with Gasteiger partial charge in [0.15, 0.2) is 6.54 Å². The molecule has 0 fully saturated rings. The largest absolute Gasteiger partial charge is 0.596 e. The van der Waals surface area contributed by atoms with E-state index in [0.29, 0.717) is 23.7 Å². The van der Waals surface area contributed by atoms with Gasteiger partial charge in [0, 0.05) is 33.4 Å². The molecule has 0 radical (unpaired) electrons. The monoisotopic (exact) mass is 372 g/mol. The molecule has 3 aromatic rings. The number of nitrogens with zero attached hydrogens (tertiary/aromatic N) is 1. The summed E-state index contributed by atoms with van der Waals surface area (Å²) >= 11 is 6.13. The molecule has 3 rings (SSSR count). The van der Waals surface area contributed by atoms with Crippen LogP contribution in [0, 0.1) is 0 Å². The second kappa shape index (κ2) is 6.65. The van der Waals surface area contributed by atoms with Crippen LogP contribution in [-0.2, 0) is 11.2 Å². The van der Waals surface area contributed by atoms with Gasteiger partial charge in [-0.05, 0) is 56.7 Å². The zero-order chi connectivity index (χ0) is 19.1. The molecule has 0 aliphatic carbocycles. The molecule has 0 unspecified atom stereocenters. The van der Waals surface area contributed by atoms with E-state index >= 15 is 0 Å². The predicted octanol–water partition coefficient (Wildman–Crippen LogP) is 4.75. The number of amides is 1. The van der Waals surface area contributed by atoms with Crippen LogP contribution in [0.25, 0.3) is 21.8 Å². The van der Waals surface area contributed by atoms with Crippen LogP contribution in [0.5, 0.6) is 0 Å². The van der Waals surface area contributed by atoms with Crippen LogP contribution in [0.4, 0.5) is 10.5 Å². The number of aromatic amines is 1. The Morgan fingerprint density at radius 1 is 1.27 bits per heavy atom. The van der Waals surface area contributed by atoms with E-state index < -0.39 is 11.7 Å². The summed E-state index contributed by atoms with van der Waals surface area (Å²) in [6, 6.07) is 9.58. The van der Waals surface area contributed by atoms with Crippen LogP contribution >= 0.6 is 11.6 Å². The first-order chi connectivity index (χ1) is 12.1. The molecule has 3 N–H and O–H groups in total. The topological polar surface area (TPSA) is 71.1 Å². The van der Waals surface area contributed by atoms with E-state index in [1.807, 2.05) is 51.1 Å². The summed E-state index contributed by atoms with van der Waals surface area (Å²) in [5, 5.41) is 2.72. The zero-order valence-corrected chi connectivity index (χ0v) is 16.0. The molecular weight excluding hydrogens is 350 g/mol. The van der Waals surface area contributed by atoms with Crippen molar-refractivity contribution in [3.63, 3.8) is 0 Å². The van der Waals surface area contributed by atoms with Crippen molar-refractivity contribution < 1.29 is 14.1 Å². The number of nitrogens with one attached hydrogen (secondary N) is 1. The van der Waals surface area contributed by atoms with Crippen LogP contribution < -0.4 is 5.73 Å². The molecule has 136 valence electrons. The van der Waals surface area contributed by atoms with Crippen molar-refractivity contribution in [1.29, 1.82) is 0 Å². The molecule has 1 amide bonds. The number of halogens is 1. The van der Waals surface area contributed by atoms with Gasteiger partial charge in [-0.2, -0.15) is 4.79 Å². The minimum atomic E-state index is -0.548. The highest BCUT2D eigenvalue weighted by Gasteiger charge is 2.25. The number of nitrogen functional groups attached to an aromatic ring is 1. The van der Waals surface area contributed by atoms with Gasteiger partial charge < -0.3 is 15.5 Å². The van der Waals surface area contributed by atoms with Crippen LogP contribution in [-0.4, -0.2) is 34.5 Å². The number of anilines is 1. The Morgan fingerprint density at radius 3 is 2.69 bits per heavy atom. The quantitative estimate of drug-likeness (QED) is 0.396. The van der Waals surface area contributed by atoms with E-state index in [1.54, 1.807) is 0 Å². The highest BCUT2D eigenvalue weighted by Crippen LogP contribution is 2.31. The second-order valence-electron chi connectivity index (χ2n) is 7.41. The van der Waals surface area contributed by atoms with Crippen LogP contribution in [0.2, 0.25) is 5.02 Å². The molecule has 0 saturated carbocycles. The number of carbonyl (C=O) groups is 1. The van der Waals surface area contributed by atoms with E-state index in [2.05, 4.69) is 11.7 Å². The lowest BCUT2D eigenvalue weighted by atomic mass is 10.1. The fourth-order valence-electron chi connectivity index (χ4n) is 2.94. The van der Waals surface area contributed by atoms with E-state index in [9.17, 15) is 4.79 Å². The van der Waals surface area contributed by atoms with E-state index in [1.165, 1.54) is 4.58 Å². The SMILES string of the molecule is C=[N+](CCc1cc(N)cc2c1[nH]c1ccc(Cl)cc12)C(=O)OC(C)(C)C. The van der Waals surface area contributed by atoms with Crippen molar-refractivity contribution >= 4 is 51.9 Å². The Hall–Kier alpha value is -2.53. The third-order valence-corrected chi connectivity index (χ3v) is 4.31. The number of benzene rings is 2. The van der Waals surface area contributed by atoms with Crippen LogP contribution in [0.1, 0.15) is 26.3 Å². The maximum Gasteiger partial charge on any atom is 0.596 e. The Morgan fingerprint density at radius 2 is 2.00 bits per heavy atom. The molecule has 0 spiro atoms. The average Bonchev–Trinajstić information content (AvgIpc) is 2.88. The molecule has 2 aromatic carbocycles. The standard InChI is InChI=1S/C20H23ClN3O2/c1-20(2,3)26-19(25)24(4)8-7-12-9-14(22)11-16-15-10-13(21)5-6-17(15)23-18(12)16/h5-6,9-11,23H,4,7-8,22H2,1-3H3/q+1. The fraction of sp³-hybridized carbons (Fsp3) is 0.300. The molecule has 6 heteroatoms. The maximum atomic E-state index is 12.1. The van der Waals surface area contributed by atoms with E-state index in [-0.39, 0.29) is 0 Å². The van der Waals surface area contributed by atoms with Gasteiger partial charge >= 0.3 is 6.09 Å². The Kier molecular flexibility index (Phi) is 4.67. The first kappa shape index (κ1) is 18.3. The van der Waals surface area contributed by atoms with Crippen molar-refractivity contribution in [2.24, 2.45) is 0 Å². The third-order valence-electron chi connectivity index (χ3n) is 4.08. The summed E-state index contributed by atoms with van der Waals surface area (Å²) in [4.78, 5) is 15.5. The van der Waals surface area contributed by atoms with Gasteiger partial charge in [0.25, 0.3) is 0 Å². The van der Waals surface area contributed by atoms with Crippen LogP contribution in [0.15, 0.2) is 30.3 Å². The molecule has 0 atom stereocenters. The molecular formula is C20H23ClN3O2+. The number of H-pyrrole nitrogens is 1. The molecule has 26 heavy (non-hydrogen) atoms. The smallest absolute Gasteiger partial charge is 0.406 e. The average molecular weight is 373 g/mol. The number of hydrogen-bond acceptors (Lipinski definition) is 3. The van der Waals surface area contributed by atoms with Crippen molar-refractivity contribution in [2.45, 2.75) is 32.8 Å². The summed E-state index contributed by atoms with van der Waals surface area (Å²) < 4.78 is 6.67. The summed E-state index contributed by atoms with van der Waals surface area (Å²) in [6.07, 6.45) is 0.159. The summed E-state index contributed by atoms with van der Waals surface area (Å²) in [6.45, 7) is 9.70. The summed E-state index contributed by atoms with van der Waals surface area (Å²) in [5.74, 6) is 0. The Bertz CT molecular complexity index is 1020. The zero-order valence-electron chi connectivity index (χ0n) is 15.2. The Labute approximate surface area is 157 Å². The first-order valence-corrected chi connectivity index (χ1v) is 8.82. The molecule has 0 bridgehead atoms. The second-order valence-corrected chi connectivity index (χ2v) is 7.85. The first-order valence-electron chi connectivity index (χ1n) is 8.44. The van der Waals surface area contributed by atoms with Gasteiger partial charge in [-0.25, -0.2) is 0 Å². The predicted molar refractivity (Wildman–Crippen MR) is 107 cm³/mol. The number of ether oxygens (including phenoxy) is 1. The van der Waals surface area contributed by atoms with E-state index in [0.717, 1.165) is 27.4 Å². The Balaban J connectivity index is 1.89. The number of aromatic nitrogens is 1. The van der Waals surface area contributed by atoms with Gasteiger partial charge in [-0.15, -0.1) is 4.58 Å². The molecule has 1 aromatic heterocycles. The number of hydrogen-bond donors (Lipinski definition) is 2. The number of nitrogens with two attached hydrogens (primary N) is 1. The maximum absolute atomic E-state index is 12.1. The summed E-state index contributed by atoms with van der Waals surface area (Å²) in [7, 11) is 0. The number of carbonyl (C=O) groups excluding carboxylic acids is 1. The van der Waals surface area contributed by atoms with Gasteiger partial charge in [0.1, 0.15) is 12.3 Å². The number of fused-ring (bicyclic) bond motifs is 3. The van der Waals surface area contributed by atoms with Crippen molar-refractivity contribution in [2.75, 3.05) is 12.3 Å². The lowest BCUT2D eigenvalue weighted by Gasteiger charge is -2.16. The highest BCUT2D eigenvalue weighted by atomic mass is 35.5. The van der Waals surface area contributed by atoms with Gasteiger partial charge in [0.05, 0.1) is 5.52 Å². The summed E-state index contributed by atoms with van der Waals surface area (Å²) in [5.41, 5.74) is 9.22. The van der Waals surface area contributed by atoms with Crippen molar-refractivity contribution in [3.05, 3.63) is 40.9 Å². The molecule has 5 nitrogen and oxygen atoms in total. The van der Waals surface area contributed by atoms with Crippen LogP contribution in [0.3, 0.4) is 0 Å². The van der Waals surface area contributed by atoms with Gasteiger partial charge in [0.2, 0.25) is 0 Å². The lowest BCUT2D eigenvalue weighted by molar-refractivity contribution is -0.441. The van der Waals surface area contributed by atoms with Crippen molar-refractivity contribution in [1.82, 2.24) is 4.98 Å². The van der Waals surface area contributed by atoms with Gasteiger partial charge in [-0.3, -0.25) is 0 Å². The number of rotatable bonds is 3. The molecule has 1 heterocycles. The third kappa shape index (κ3) is 3.83. The minimum Gasteiger partial charge on any atom is -0.406 e. The van der Waals surface area contributed by atoms with Crippen molar-refractivity contribution in [3.8, 4) is 0 Å². The highest BCUT2D eigenvalue weighted by molar-refractivity contribution is 6.31. The minimum absolute atomic E-state index is 0.420. The fourth-order valence-corrected chi connectivity index (χ4v) is 3.11.